The maximum atomic E-state index is 11.8. The second-order valence-corrected chi connectivity index (χ2v) is 7.78. The number of nitrogens with two attached hydrogens (primary N) is 1. The topological polar surface area (TPSA) is 174 Å². The van der Waals surface area contributed by atoms with E-state index >= 15 is 0 Å². The van der Waals surface area contributed by atoms with E-state index < -0.39 is 50.5 Å². The fourth-order valence-electron chi connectivity index (χ4n) is 2.11. The average Bonchev–Trinajstić information content (AvgIpc) is 2.80. The lowest BCUT2D eigenvalue weighted by Gasteiger charge is -2.18. The highest BCUT2D eigenvalue weighted by atomic mass is 79.9. The highest BCUT2D eigenvalue weighted by Crippen LogP contribution is 2.42. The van der Waals surface area contributed by atoms with Crippen molar-refractivity contribution in [2.45, 2.75) is 24.9 Å². The molecule has 1 fully saturated rings. The number of ether oxygens (including phenoxy) is 1. The van der Waals surface area contributed by atoms with Crippen LogP contribution in [0.25, 0.3) is 0 Å². The van der Waals surface area contributed by atoms with Gasteiger partial charge in [0.2, 0.25) is 0 Å². The lowest BCUT2D eigenvalue weighted by molar-refractivity contribution is -0.134. The molecule has 4 atom stereocenters. The van der Waals surface area contributed by atoms with E-state index in [1.807, 2.05) is 0 Å². The molecular weight excluding hydrogens is 413 g/mol. The first-order valence-electron chi connectivity index (χ1n) is 6.65. The van der Waals surface area contributed by atoms with Gasteiger partial charge in [-0.3, -0.25) is 13.9 Å². The summed E-state index contributed by atoms with van der Waals surface area (Å²) in [5.41, 5.74) is 4.80. The Kier molecular flexibility index (Phi) is 5.78. The maximum absolute atomic E-state index is 11.8. The van der Waals surface area contributed by atoms with Crippen LogP contribution in [0.3, 0.4) is 0 Å². The van der Waals surface area contributed by atoms with Crippen molar-refractivity contribution in [3.8, 4) is 0 Å². The van der Waals surface area contributed by atoms with E-state index in [1.54, 1.807) is 0 Å². The normalized spacial score (nSPS) is 26.2. The first-order valence-corrected chi connectivity index (χ1v) is 9.20. The van der Waals surface area contributed by atoms with Gasteiger partial charge in [-0.15, -0.1) is 0 Å². The average molecular weight is 428 g/mol. The Morgan fingerprint density at radius 1 is 1.62 bits per heavy atom. The van der Waals surface area contributed by atoms with E-state index in [4.69, 9.17) is 15.6 Å². The molecule has 1 aliphatic rings. The molecule has 134 valence electrons. The highest BCUT2D eigenvalue weighted by Gasteiger charge is 2.37. The molecule has 1 aromatic heterocycles. The molecular formula is C11H15BrN3O8P. The zero-order valence-corrected chi connectivity index (χ0v) is 14.6. The van der Waals surface area contributed by atoms with Crippen molar-refractivity contribution in [3.05, 3.63) is 21.2 Å². The van der Waals surface area contributed by atoms with Gasteiger partial charge in [0.15, 0.2) is 0 Å². The summed E-state index contributed by atoms with van der Waals surface area (Å²) in [6.45, 7) is -0.503. The van der Waals surface area contributed by atoms with Crippen LogP contribution in [0.1, 0.15) is 12.6 Å². The van der Waals surface area contributed by atoms with Gasteiger partial charge in [-0.25, -0.2) is 4.79 Å². The van der Waals surface area contributed by atoms with E-state index in [9.17, 15) is 24.2 Å². The minimum Gasteiger partial charge on any atom is -0.481 e. The second kappa shape index (κ2) is 7.30. The van der Waals surface area contributed by atoms with Gasteiger partial charge in [0, 0.05) is 12.6 Å². The molecule has 13 heteroatoms. The van der Waals surface area contributed by atoms with Crippen molar-refractivity contribution >= 4 is 35.3 Å². The number of anilines is 1. The molecule has 2 heterocycles. The first-order chi connectivity index (χ1) is 11.1. The summed E-state index contributed by atoms with van der Waals surface area (Å²) < 4.78 is 23.1. The number of hydrogen-bond acceptors (Lipinski definition) is 8. The number of carboxylic acids is 1. The fourth-order valence-corrected chi connectivity index (χ4v) is 3.23. The zero-order valence-electron chi connectivity index (χ0n) is 12.1. The number of hydrogen-bond donors (Lipinski definition) is 4. The molecule has 24 heavy (non-hydrogen) atoms. The number of rotatable bonds is 6. The summed E-state index contributed by atoms with van der Waals surface area (Å²) >= 11 is 3.12. The quantitative estimate of drug-likeness (QED) is 0.434. The van der Waals surface area contributed by atoms with Crippen LogP contribution in [-0.4, -0.2) is 55.6 Å². The van der Waals surface area contributed by atoms with E-state index in [0.717, 1.165) is 4.57 Å². The molecule has 11 nitrogen and oxygen atoms in total. The SMILES string of the molecule is Nc1nc(=O)n([C@H]2C[C@H](O)[C@@H](COP(=O)(O)CC(=O)O)O2)cc1Br. The van der Waals surface area contributed by atoms with Crippen LogP contribution in [0.2, 0.25) is 0 Å². The van der Waals surface area contributed by atoms with Crippen LogP contribution in [0, 0.1) is 0 Å². The second-order valence-electron chi connectivity index (χ2n) is 5.08. The van der Waals surface area contributed by atoms with Crippen molar-refractivity contribution in [2.24, 2.45) is 0 Å². The molecule has 1 aliphatic heterocycles. The molecule has 0 aliphatic carbocycles. The predicted octanol–water partition coefficient (Wildman–Crippen LogP) is -0.477. The predicted molar refractivity (Wildman–Crippen MR) is 83.4 cm³/mol. The third-order valence-corrected chi connectivity index (χ3v) is 5.06. The van der Waals surface area contributed by atoms with Gasteiger partial charge in [0.05, 0.1) is 17.2 Å². The van der Waals surface area contributed by atoms with Crippen molar-refractivity contribution in [1.29, 1.82) is 0 Å². The van der Waals surface area contributed by atoms with Crippen LogP contribution in [0.4, 0.5) is 5.82 Å². The third-order valence-electron chi connectivity index (χ3n) is 3.22. The number of nitrogens with zero attached hydrogens (tertiary/aromatic N) is 2. The van der Waals surface area contributed by atoms with Crippen LogP contribution >= 0.6 is 23.5 Å². The number of aliphatic hydroxyl groups excluding tert-OH is 1. The smallest absolute Gasteiger partial charge is 0.351 e. The molecule has 1 aromatic rings. The summed E-state index contributed by atoms with van der Waals surface area (Å²) in [6.07, 6.45) is -2.65. The Balaban J connectivity index is 2.05. The van der Waals surface area contributed by atoms with Crippen molar-refractivity contribution < 1.29 is 33.7 Å². The lowest BCUT2D eigenvalue weighted by atomic mass is 10.2. The van der Waals surface area contributed by atoms with Gasteiger partial charge in [0.25, 0.3) is 0 Å². The molecule has 0 saturated carbocycles. The van der Waals surface area contributed by atoms with Gasteiger partial charge in [-0.1, -0.05) is 0 Å². The lowest BCUT2D eigenvalue weighted by Crippen LogP contribution is -2.28. The minimum absolute atomic E-state index is 0.00423. The fraction of sp³-hybridized carbons (Fsp3) is 0.545. The van der Waals surface area contributed by atoms with Gasteiger partial charge >= 0.3 is 19.3 Å². The molecule has 2 rings (SSSR count). The highest BCUT2D eigenvalue weighted by molar-refractivity contribution is 9.10. The maximum Gasteiger partial charge on any atom is 0.351 e. The molecule has 0 spiro atoms. The van der Waals surface area contributed by atoms with E-state index in [2.05, 4.69) is 25.4 Å². The van der Waals surface area contributed by atoms with Crippen LogP contribution in [0.15, 0.2) is 15.5 Å². The number of carboxylic acid groups (broad SMARTS) is 1. The van der Waals surface area contributed by atoms with E-state index in [-0.39, 0.29) is 12.2 Å². The van der Waals surface area contributed by atoms with Crippen LogP contribution in [0.5, 0.6) is 0 Å². The number of halogens is 1. The molecule has 0 radical (unpaired) electrons. The molecule has 1 saturated heterocycles. The number of aliphatic carboxylic acids is 1. The summed E-state index contributed by atoms with van der Waals surface area (Å²) in [6, 6.07) is 0. The Morgan fingerprint density at radius 3 is 2.92 bits per heavy atom. The zero-order chi connectivity index (χ0) is 18.1. The standard InChI is InChI=1S/C11H15BrN3O8P/c12-5-2-15(11(19)14-10(5)13)8-1-6(16)7(23-8)3-22-24(20,21)4-9(17)18/h2,6-8,16H,1,3-4H2,(H,17,18)(H,20,21)(H2,13,14,19)/t6-,7+,8+/m0/s1. The van der Waals surface area contributed by atoms with Crippen molar-refractivity contribution in [3.63, 3.8) is 0 Å². The minimum atomic E-state index is -4.34. The summed E-state index contributed by atoms with van der Waals surface area (Å²) in [5, 5.41) is 18.5. The van der Waals surface area contributed by atoms with Gasteiger partial charge in [-0.2, -0.15) is 4.98 Å². The molecule has 5 N–H and O–H groups in total. The molecule has 0 aromatic carbocycles. The van der Waals surface area contributed by atoms with E-state index in [0.29, 0.717) is 4.47 Å². The number of nitrogen functional groups attached to an aromatic ring is 1. The Morgan fingerprint density at radius 2 is 2.29 bits per heavy atom. The number of aliphatic hydroxyl groups is 1. The Bertz CT molecular complexity index is 740. The monoisotopic (exact) mass is 427 g/mol. The number of aromatic nitrogens is 2. The van der Waals surface area contributed by atoms with Gasteiger partial charge in [0.1, 0.15) is 24.3 Å². The summed E-state index contributed by atoms with van der Waals surface area (Å²) in [5.74, 6) is -1.49. The molecule has 1 unspecified atom stereocenters. The van der Waals surface area contributed by atoms with Crippen molar-refractivity contribution in [2.75, 3.05) is 18.5 Å². The third kappa shape index (κ3) is 4.62. The summed E-state index contributed by atoms with van der Waals surface area (Å²) in [7, 11) is -4.34. The first kappa shape index (κ1) is 19.0. The molecule has 0 amide bonds. The molecule has 0 bridgehead atoms. The Labute approximate surface area is 143 Å². The summed E-state index contributed by atoms with van der Waals surface area (Å²) in [4.78, 5) is 35.2. The van der Waals surface area contributed by atoms with Crippen molar-refractivity contribution in [1.82, 2.24) is 9.55 Å². The van der Waals surface area contributed by atoms with Gasteiger partial charge in [-0.05, 0) is 15.9 Å². The van der Waals surface area contributed by atoms with Crippen LogP contribution < -0.4 is 11.4 Å². The van der Waals surface area contributed by atoms with E-state index in [1.165, 1.54) is 6.20 Å². The number of carbonyl (C=O) groups is 1. The van der Waals surface area contributed by atoms with Gasteiger partial charge < -0.3 is 30.1 Å². The largest absolute Gasteiger partial charge is 0.481 e. The van der Waals surface area contributed by atoms with Crippen LogP contribution in [-0.2, 0) is 18.6 Å². The Hall–Kier alpha value is -1.30.